The van der Waals surface area contributed by atoms with E-state index in [1.807, 2.05) is 58.6 Å². The molecule has 3 aromatic rings. The van der Waals surface area contributed by atoms with Crippen molar-refractivity contribution in [3.05, 3.63) is 101 Å². The number of rotatable bonds is 6. The van der Waals surface area contributed by atoms with Gasteiger partial charge >= 0.3 is 0 Å². The second kappa shape index (κ2) is 9.87. The van der Waals surface area contributed by atoms with Crippen LogP contribution in [0, 0.1) is 5.13 Å². The summed E-state index contributed by atoms with van der Waals surface area (Å²) in [4.78, 5) is 18.3. The Hall–Kier alpha value is -3.00. The normalized spacial score (nSPS) is 19.2. The van der Waals surface area contributed by atoms with Crippen LogP contribution in [0.15, 0.2) is 85.1 Å². The molecule has 33 heavy (non-hydrogen) atoms. The molecule has 0 bridgehead atoms. The van der Waals surface area contributed by atoms with Gasteiger partial charge in [-0.1, -0.05) is 48.5 Å². The lowest BCUT2D eigenvalue weighted by Crippen LogP contribution is -2.56. The lowest BCUT2D eigenvalue weighted by Gasteiger charge is -2.41. The summed E-state index contributed by atoms with van der Waals surface area (Å²) in [5.41, 5.74) is 5.74. The minimum Gasteiger partial charge on any atom is -0.314 e. The first-order chi connectivity index (χ1) is 16.2. The minimum absolute atomic E-state index is 0.0764. The molecule has 0 spiro atoms. The van der Waals surface area contributed by atoms with Crippen LogP contribution >= 0.6 is 11.3 Å². The number of carbonyl (C=O) groups is 1. The number of nitrogens with one attached hydrogen (secondary N) is 1. The van der Waals surface area contributed by atoms with Gasteiger partial charge in [0.2, 0.25) is 0 Å². The molecule has 0 saturated carbocycles. The number of amides is 1. The Bertz CT molecular complexity index is 1100. The molecule has 1 atom stereocenters. The third kappa shape index (κ3) is 5.00. The van der Waals surface area contributed by atoms with Crippen LogP contribution in [-0.2, 0) is 6.54 Å². The largest absolute Gasteiger partial charge is 0.314 e. The minimum atomic E-state index is -0.336. The molecule has 1 unspecified atom stereocenters. The van der Waals surface area contributed by atoms with E-state index in [-0.39, 0.29) is 23.2 Å². The van der Waals surface area contributed by atoms with Crippen molar-refractivity contribution in [3.8, 4) is 0 Å². The summed E-state index contributed by atoms with van der Waals surface area (Å²) >= 11 is 0.913. The lowest BCUT2D eigenvalue weighted by molar-refractivity contribution is 0.0463. The fraction of sp³-hybridized carbons (Fsp3) is 0.269. The van der Waals surface area contributed by atoms with Gasteiger partial charge in [0.1, 0.15) is 6.17 Å². The van der Waals surface area contributed by atoms with Gasteiger partial charge in [-0.05, 0) is 48.7 Å². The molecule has 7 heteroatoms. The Labute approximate surface area is 197 Å². The number of halogens is 1. The Balaban J connectivity index is 1.31. The monoisotopic (exact) mass is 462 g/mol. The number of piperidine rings is 1. The zero-order chi connectivity index (χ0) is 22.6. The van der Waals surface area contributed by atoms with Gasteiger partial charge in [-0.2, -0.15) is 4.39 Å². The third-order valence-corrected chi connectivity index (χ3v) is 7.10. The molecule has 1 N–H and O–H groups in total. The molecule has 1 saturated heterocycles. The molecule has 3 heterocycles. The molecular formula is C26H27FN4OS. The Morgan fingerprint density at radius 1 is 1.00 bits per heavy atom. The van der Waals surface area contributed by atoms with Crippen molar-refractivity contribution in [2.45, 2.75) is 31.6 Å². The van der Waals surface area contributed by atoms with Gasteiger partial charge in [0.15, 0.2) is 5.13 Å². The summed E-state index contributed by atoms with van der Waals surface area (Å²) in [7, 11) is 0. The summed E-state index contributed by atoms with van der Waals surface area (Å²) in [5.74, 6) is -0.123. The number of likely N-dealkylation sites (tertiary alicyclic amines) is 1. The summed E-state index contributed by atoms with van der Waals surface area (Å²) in [6.07, 6.45) is 5.44. The molecule has 2 aromatic carbocycles. The fourth-order valence-corrected chi connectivity index (χ4v) is 5.25. The smallest absolute Gasteiger partial charge is 0.265 e. The number of para-hydroxylation sites is 1. The summed E-state index contributed by atoms with van der Waals surface area (Å²) < 4.78 is 13.7. The van der Waals surface area contributed by atoms with Gasteiger partial charge in [-0.25, -0.2) is 5.43 Å². The number of carbonyl (C=O) groups excluding carboxylic acids is 1. The van der Waals surface area contributed by atoms with E-state index in [9.17, 15) is 9.18 Å². The van der Waals surface area contributed by atoms with E-state index >= 15 is 0 Å². The van der Waals surface area contributed by atoms with Crippen molar-refractivity contribution in [1.82, 2.24) is 15.2 Å². The number of hydrogen-bond donors (Lipinski definition) is 1. The summed E-state index contributed by atoms with van der Waals surface area (Å²) in [5, 5.41) is 1.60. The van der Waals surface area contributed by atoms with Crippen LogP contribution in [0.1, 0.15) is 28.1 Å². The molecule has 2 aliphatic heterocycles. The lowest BCUT2D eigenvalue weighted by atomic mass is 10.0. The number of hydrogen-bond acceptors (Lipinski definition) is 5. The average molecular weight is 463 g/mol. The van der Waals surface area contributed by atoms with Crippen LogP contribution in [0.3, 0.4) is 0 Å². The molecule has 1 fully saturated rings. The second-order valence-electron chi connectivity index (χ2n) is 8.43. The van der Waals surface area contributed by atoms with Crippen LogP contribution in [-0.4, -0.2) is 41.0 Å². The van der Waals surface area contributed by atoms with Gasteiger partial charge in [-0.3, -0.25) is 14.7 Å². The molecule has 0 aliphatic carbocycles. The highest BCUT2D eigenvalue weighted by Gasteiger charge is 2.35. The van der Waals surface area contributed by atoms with E-state index in [1.165, 1.54) is 11.6 Å². The van der Waals surface area contributed by atoms with Crippen molar-refractivity contribution in [1.29, 1.82) is 0 Å². The molecule has 5 rings (SSSR count). The van der Waals surface area contributed by atoms with Gasteiger partial charge < -0.3 is 4.90 Å². The van der Waals surface area contributed by atoms with Crippen molar-refractivity contribution in [2.75, 3.05) is 18.1 Å². The van der Waals surface area contributed by atoms with Crippen LogP contribution in [0.25, 0.3) is 0 Å². The molecular weight excluding hydrogens is 435 g/mol. The van der Waals surface area contributed by atoms with Gasteiger partial charge in [-0.15, -0.1) is 11.3 Å². The number of thiophene rings is 1. The van der Waals surface area contributed by atoms with E-state index in [2.05, 4.69) is 34.6 Å². The Kier molecular flexibility index (Phi) is 6.53. The van der Waals surface area contributed by atoms with Crippen LogP contribution in [0.5, 0.6) is 0 Å². The molecule has 5 nitrogen and oxygen atoms in total. The predicted molar refractivity (Wildman–Crippen MR) is 130 cm³/mol. The Morgan fingerprint density at radius 3 is 2.36 bits per heavy atom. The second-order valence-corrected chi connectivity index (χ2v) is 9.46. The van der Waals surface area contributed by atoms with Crippen LogP contribution in [0.2, 0.25) is 0 Å². The molecule has 2 aliphatic rings. The topological polar surface area (TPSA) is 38.8 Å². The van der Waals surface area contributed by atoms with E-state index in [0.29, 0.717) is 4.88 Å². The summed E-state index contributed by atoms with van der Waals surface area (Å²) in [6, 6.07) is 23.5. The highest BCUT2D eigenvalue weighted by molar-refractivity contribution is 7.12. The summed E-state index contributed by atoms with van der Waals surface area (Å²) in [6.45, 7) is 2.75. The van der Waals surface area contributed by atoms with Gasteiger partial charge in [0.05, 0.1) is 10.6 Å². The van der Waals surface area contributed by atoms with E-state index in [0.717, 1.165) is 49.5 Å². The number of benzene rings is 2. The maximum atomic E-state index is 13.7. The fourth-order valence-electron chi connectivity index (χ4n) is 4.57. The molecule has 1 amide bonds. The first-order valence-electron chi connectivity index (χ1n) is 11.3. The van der Waals surface area contributed by atoms with Crippen molar-refractivity contribution < 1.29 is 9.18 Å². The van der Waals surface area contributed by atoms with Gasteiger partial charge in [0.25, 0.3) is 5.91 Å². The van der Waals surface area contributed by atoms with E-state index < -0.39 is 0 Å². The maximum Gasteiger partial charge on any atom is 0.265 e. The quantitative estimate of drug-likeness (QED) is 0.568. The van der Waals surface area contributed by atoms with Crippen molar-refractivity contribution in [3.63, 3.8) is 0 Å². The van der Waals surface area contributed by atoms with Crippen LogP contribution < -0.4 is 10.4 Å². The standard InChI is InChI=1S/C26H27FN4OS/c27-24-12-11-23(33-24)26(32)31(25-15-18-30(28-25)21-9-5-2-6-10-21)22-13-16-29(17-14-22)19-20-7-3-1-4-8-20/h1-12,15,18,22,25,28H,13-14,16-17,19H2. The zero-order valence-corrected chi connectivity index (χ0v) is 19.1. The molecule has 1 aromatic heterocycles. The number of hydrazine groups is 1. The molecule has 170 valence electrons. The highest BCUT2D eigenvalue weighted by Crippen LogP contribution is 2.27. The van der Waals surface area contributed by atoms with E-state index in [1.54, 1.807) is 6.07 Å². The van der Waals surface area contributed by atoms with Crippen molar-refractivity contribution in [2.24, 2.45) is 0 Å². The van der Waals surface area contributed by atoms with E-state index in [4.69, 9.17) is 0 Å². The van der Waals surface area contributed by atoms with Gasteiger partial charge in [0, 0.05) is 31.9 Å². The van der Waals surface area contributed by atoms with Crippen LogP contribution in [0.4, 0.5) is 10.1 Å². The predicted octanol–water partition coefficient (Wildman–Crippen LogP) is 4.86. The average Bonchev–Trinajstić information content (AvgIpc) is 3.51. The zero-order valence-electron chi connectivity index (χ0n) is 18.3. The first kappa shape index (κ1) is 21.8. The SMILES string of the molecule is O=C(c1ccc(F)s1)N(C1CCN(Cc2ccccc2)CC1)C1C=CN(c2ccccc2)N1. The third-order valence-electron chi connectivity index (χ3n) is 6.24. The number of nitrogens with zero attached hydrogens (tertiary/aromatic N) is 3. The number of anilines is 1. The molecule has 0 radical (unpaired) electrons. The first-order valence-corrected chi connectivity index (χ1v) is 12.1. The Morgan fingerprint density at radius 2 is 1.70 bits per heavy atom. The maximum absolute atomic E-state index is 13.7. The highest BCUT2D eigenvalue weighted by atomic mass is 32.1. The van der Waals surface area contributed by atoms with Crippen molar-refractivity contribution >= 4 is 22.9 Å².